The number of nitrogens with one attached hydrogen (secondary N) is 1. The maximum Gasteiger partial charge on any atom is 0.335 e. The predicted octanol–water partition coefficient (Wildman–Crippen LogP) is 0.654. The number of carboxylic acids is 1. The molecule has 1 amide bonds. The number of carbonyl (C=O) groups excluding carboxylic acids is 1. The van der Waals surface area contributed by atoms with Gasteiger partial charge in [-0.15, -0.1) is 5.10 Å². The number of carbonyl (C=O) groups is 2. The zero-order valence-electron chi connectivity index (χ0n) is 10.6. The van der Waals surface area contributed by atoms with E-state index in [1.54, 1.807) is 6.07 Å². The Morgan fingerprint density at radius 3 is 2.79 bits per heavy atom. The molecule has 0 saturated carbocycles. The third-order valence-corrected chi connectivity index (χ3v) is 2.50. The van der Waals surface area contributed by atoms with Gasteiger partial charge in [0, 0.05) is 6.04 Å². The highest BCUT2D eigenvalue weighted by Gasteiger charge is 2.12. The molecule has 0 saturated heterocycles. The van der Waals surface area contributed by atoms with Crippen molar-refractivity contribution in [3.8, 4) is 0 Å². The second-order valence-electron chi connectivity index (χ2n) is 4.48. The number of carboxylic acid groups (broad SMARTS) is 1. The van der Waals surface area contributed by atoms with Gasteiger partial charge in [-0.1, -0.05) is 5.21 Å². The molecule has 0 spiro atoms. The van der Waals surface area contributed by atoms with Crippen molar-refractivity contribution in [2.45, 2.75) is 26.4 Å². The van der Waals surface area contributed by atoms with Crippen LogP contribution in [0.3, 0.4) is 0 Å². The van der Waals surface area contributed by atoms with Crippen LogP contribution in [0.5, 0.6) is 0 Å². The first-order valence-electron chi connectivity index (χ1n) is 5.83. The largest absolute Gasteiger partial charge is 0.478 e. The number of hydrogen-bond acceptors (Lipinski definition) is 4. The van der Waals surface area contributed by atoms with Gasteiger partial charge in [0.2, 0.25) is 5.91 Å². The van der Waals surface area contributed by atoms with Crippen LogP contribution < -0.4 is 5.32 Å². The number of nitrogens with zero attached hydrogens (tertiary/aromatic N) is 3. The molecule has 1 aromatic carbocycles. The van der Waals surface area contributed by atoms with Crippen molar-refractivity contribution in [3.05, 3.63) is 23.8 Å². The molecule has 100 valence electrons. The van der Waals surface area contributed by atoms with E-state index in [9.17, 15) is 9.59 Å². The Morgan fingerprint density at radius 2 is 2.16 bits per heavy atom. The molecule has 0 unspecified atom stereocenters. The van der Waals surface area contributed by atoms with Crippen molar-refractivity contribution >= 4 is 22.9 Å². The maximum atomic E-state index is 11.7. The van der Waals surface area contributed by atoms with Gasteiger partial charge in [-0.25, -0.2) is 9.48 Å². The molecular weight excluding hydrogens is 248 g/mol. The van der Waals surface area contributed by atoms with E-state index in [1.165, 1.54) is 16.8 Å². The average Bonchev–Trinajstić information content (AvgIpc) is 2.70. The number of hydrogen-bond donors (Lipinski definition) is 2. The Balaban J connectivity index is 2.30. The molecule has 0 atom stereocenters. The lowest BCUT2D eigenvalue weighted by Gasteiger charge is -2.08. The van der Waals surface area contributed by atoms with Crippen LogP contribution in [0.2, 0.25) is 0 Å². The van der Waals surface area contributed by atoms with Gasteiger partial charge in [-0.2, -0.15) is 0 Å². The van der Waals surface area contributed by atoms with E-state index in [2.05, 4.69) is 15.6 Å². The van der Waals surface area contributed by atoms with Crippen molar-refractivity contribution < 1.29 is 14.7 Å². The molecule has 0 bridgehead atoms. The summed E-state index contributed by atoms with van der Waals surface area (Å²) >= 11 is 0. The minimum absolute atomic E-state index is 0.0117. The molecule has 0 fully saturated rings. The van der Waals surface area contributed by atoms with Gasteiger partial charge < -0.3 is 10.4 Å². The minimum Gasteiger partial charge on any atom is -0.478 e. The molecular formula is C12H14N4O3. The highest BCUT2D eigenvalue weighted by atomic mass is 16.4. The predicted molar refractivity (Wildman–Crippen MR) is 67.8 cm³/mol. The lowest BCUT2D eigenvalue weighted by molar-refractivity contribution is -0.122. The maximum absolute atomic E-state index is 11.7. The lowest BCUT2D eigenvalue weighted by atomic mass is 10.2. The summed E-state index contributed by atoms with van der Waals surface area (Å²) in [5, 5.41) is 19.4. The van der Waals surface area contributed by atoms with Crippen LogP contribution in [0.25, 0.3) is 11.0 Å². The molecule has 0 aliphatic carbocycles. The average molecular weight is 262 g/mol. The second-order valence-corrected chi connectivity index (χ2v) is 4.48. The smallest absolute Gasteiger partial charge is 0.335 e. The van der Waals surface area contributed by atoms with E-state index < -0.39 is 5.97 Å². The van der Waals surface area contributed by atoms with E-state index >= 15 is 0 Å². The normalized spacial score (nSPS) is 10.9. The number of amides is 1. The summed E-state index contributed by atoms with van der Waals surface area (Å²) < 4.78 is 1.39. The van der Waals surface area contributed by atoms with Crippen LogP contribution in [-0.2, 0) is 11.3 Å². The molecule has 2 rings (SSSR count). The first kappa shape index (κ1) is 13.0. The van der Waals surface area contributed by atoms with E-state index in [0.29, 0.717) is 11.0 Å². The number of aromatic carboxylic acids is 1. The van der Waals surface area contributed by atoms with Gasteiger partial charge in [0.05, 0.1) is 11.1 Å². The first-order valence-corrected chi connectivity index (χ1v) is 5.83. The topological polar surface area (TPSA) is 97.1 Å². The van der Waals surface area contributed by atoms with Crippen LogP contribution in [0.15, 0.2) is 18.2 Å². The highest BCUT2D eigenvalue weighted by molar-refractivity contribution is 5.92. The fourth-order valence-corrected chi connectivity index (χ4v) is 1.72. The molecule has 2 aromatic rings. The first-order chi connectivity index (χ1) is 8.97. The number of rotatable bonds is 4. The SMILES string of the molecule is CC(C)NC(=O)Cn1nnc2ccc(C(=O)O)cc21. The Hall–Kier alpha value is -2.44. The summed E-state index contributed by atoms with van der Waals surface area (Å²) in [6.45, 7) is 3.73. The monoisotopic (exact) mass is 262 g/mol. The van der Waals surface area contributed by atoms with Gasteiger partial charge in [0.25, 0.3) is 0 Å². The van der Waals surface area contributed by atoms with Gasteiger partial charge in [0.1, 0.15) is 12.1 Å². The zero-order chi connectivity index (χ0) is 14.0. The minimum atomic E-state index is -1.03. The molecule has 2 N–H and O–H groups in total. The molecule has 7 heteroatoms. The summed E-state index contributed by atoms with van der Waals surface area (Å²) in [7, 11) is 0. The Morgan fingerprint density at radius 1 is 1.42 bits per heavy atom. The van der Waals surface area contributed by atoms with E-state index in [-0.39, 0.29) is 24.1 Å². The number of aromatic nitrogens is 3. The standard InChI is InChI=1S/C12H14N4O3/c1-7(2)13-11(17)6-16-10-5-8(12(18)19)3-4-9(10)14-15-16/h3-5,7H,6H2,1-2H3,(H,13,17)(H,18,19). The molecule has 19 heavy (non-hydrogen) atoms. The van der Waals surface area contributed by atoms with Crippen molar-refractivity contribution in [2.75, 3.05) is 0 Å². The van der Waals surface area contributed by atoms with Crippen LogP contribution in [-0.4, -0.2) is 38.0 Å². The van der Waals surface area contributed by atoms with Gasteiger partial charge in [0.15, 0.2) is 0 Å². The van der Waals surface area contributed by atoms with Crippen LogP contribution in [0.4, 0.5) is 0 Å². The van der Waals surface area contributed by atoms with E-state index in [0.717, 1.165) is 0 Å². The van der Waals surface area contributed by atoms with Gasteiger partial charge in [-0.3, -0.25) is 4.79 Å². The third kappa shape index (κ3) is 2.87. The van der Waals surface area contributed by atoms with E-state index in [4.69, 9.17) is 5.11 Å². The molecule has 1 aromatic heterocycles. The van der Waals surface area contributed by atoms with Crippen LogP contribution in [0.1, 0.15) is 24.2 Å². The van der Waals surface area contributed by atoms with E-state index in [1.807, 2.05) is 13.8 Å². The van der Waals surface area contributed by atoms with Crippen LogP contribution in [0, 0.1) is 0 Å². The Bertz CT molecular complexity index is 633. The third-order valence-electron chi connectivity index (χ3n) is 2.50. The van der Waals surface area contributed by atoms with Crippen molar-refractivity contribution in [2.24, 2.45) is 0 Å². The summed E-state index contributed by atoms with van der Waals surface area (Å²) in [4.78, 5) is 22.6. The second kappa shape index (κ2) is 5.05. The Kier molecular flexibility index (Phi) is 3.46. The molecule has 0 radical (unpaired) electrons. The van der Waals surface area contributed by atoms with Crippen molar-refractivity contribution in [3.63, 3.8) is 0 Å². The summed E-state index contributed by atoms with van der Waals surface area (Å²) in [5.41, 5.74) is 1.22. The fourth-order valence-electron chi connectivity index (χ4n) is 1.72. The summed E-state index contributed by atoms with van der Waals surface area (Å²) in [6.07, 6.45) is 0. The summed E-state index contributed by atoms with van der Waals surface area (Å²) in [6, 6.07) is 4.53. The molecule has 1 heterocycles. The molecule has 7 nitrogen and oxygen atoms in total. The number of fused-ring (bicyclic) bond motifs is 1. The lowest BCUT2D eigenvalue weighted by Crippen LogP contribution is -2.33. The van der Waals surface area contributed by atoms with Crippen molar-refractivity contribution in [1.29, 1.82) is 0 Å². The number of benzene rings is 1. The fraction of sp³-hybridized carbons (Fsp3) is 0.333. The Labute approximate surface area is 109 Å². The molecule has 0 aliphatic rings. The van der Waals surface area contributed by atoms with Crippen LogP contribution >= 0.6 is 0 Å². The quantitative estimate of drug-likeness (QED) is 0.843. The van der Waals surface area contributed by atoms with Crippen molar-refractivity contribution in [1.82, 2.24) is 20.3 Å². The zero-order valence-corrected chi connectivity index (χ0v) is 10.6. The highest BCUT2D eigenvalue weighted by Crippen LogP contribution is 2.13. The van der Waals surface area contributed by atoms with Gasteiger partial charge >= 0.3 is 5.97 Å². The molecule has 0 aliphatic heterocycles. The summed E-state index contributed by atoms with van der Waals surface area (Å²) in [5.74, 6) is -1.22. The van der Waals surface area contributed by atoms with Gasteiger partial charge in [-0.05, 0) is 32.0 Å².